The minimum absolute atomic E-state index is 0.0691. The first kappa shape index (κ1) is 14.8. The van der Waals surface area contributed by atoms with Crippen molar-refractivity contribution in [1.82, 2.24) is 4.90 Å². The molecule has 116 valence electrons. The predicted molar refractivity (Wildman–Crippen MR) is 79.3 cm³/mol. The minimum atomic E-state index is -0.863. The summed E-state index contributed by atoms with van der Waals surface area (Å²) in [6.07, 6.45) is 9.88. The monoisotopic (exact) mass is 291 g/mol. The maximum Gasteiger partial charge on any atom is 0.233 e. The zero-order valence-electron chi connectivity index (χ0n) is 12.8. The van der Waals surface area contributed by atoms with Gasteiger partial charge in [-0.15, -0.1) is 0 Å². The molecule has 0 radical (unpaired) electrons. The van der Waals surface area contributed by atoms with Crippen LogP contribution in [0.5, 0.6) is 0 Å². The van der Waals surface area contributed by atoms with Gasteiger partial charge in [0.15, 0.2) is 0 Å². The molecule has 3 aliphatic rings. The molecule has 2 aliphatic carbocycles. The fourth-order valence-corrected chi connectivity index (χ4v) is 4.10. The lowest BCUT2D eigenvalue weighted by molar-refractivity contribution is -0.145. The van der Waals surface area contributed by atoms with Crippen LogP contribution in [0, 0.1) is 17.8 Å². The van der Waals surface area contributed by atoms with Crippen molar-refractivity contribution >= 4 is 11.8 Å². The fourth-order valence-electron chi connectivity index (χ4n) is 4.10. The van der Waals surface area contributed by atoms with Crippen LogP contribution in [-0.4, -0.2) is 34.0 Å². The molecule has 1 aliphatic heterocycles. The number of likely N-dealkylation sites (tertiary alicyclic amines) is 1. The highest BCUT2D eigenvalue weighted by molar-refractivity contribution is 6.05. The Labute approximate surface area is 126 Å². The molecule has 2 fully saturated rings. The van der Waals surface area contributed by atoms with Crippen molar-refractivity contribution in [3.05, 3.63) is 12.2 Å². The quantitative estimate of drug-likeness (QED) is 0.641. The van der Waals surface area contributed by atoms with E-state index < -0.39 is 5.60 Å². The number of carbonyl (C=O) groups excluding carboxylic acids is 2. The fraction of sp³-hybridized carbons (Fsp3) is 0.765. The summed E-state index contributed by atoms with van der Waals surface area (Å²) in [7, 11) is 0. The first-order chi connectivity index (χ1) is 10.0. The van der Waals surface area contributed by atoms with Crippen LogP contribution in [0.1, 0.15) is 51.9 Å². The highest BCUT2D eigenvalue weighted by Crippen LogP contribution is 2.39. The van der Waals surface area contributed by atoms with Crippen LogP contribution < -0.4 is 0 Å². The molecule has 1 heterocycles. The van der Waals surface area contributed by atoms with Crippen molar-refractivity contribution < 1.29 is 14.7 Å². The summed E-state index contributed by atoms with van der Waals surface area (Å²) in [5.74, 6) is 0.180. The van der Waals surface area contributed by atoms with Gasteiger partial charge in [-0.2, -0.15) is 0 Å². The molecule has 2 amide bonds. The first-order valence-corrected chi connectivity index (χ1v) is 8.26. The number of fused-ring (bicyclic) bond motifs is 1. The maximum atomic E-state index is 12.4. The molecule has 2 atom stereocenters. The molecule has 0 aromatic carbocycles. The summed E-state index contributed by atoms with van der Waals surface area (Å²) >= 11 is 0. The van der Waals surface area contributed by atoms with E-state index in [2.05, 4.69) is 6.92 Å². The molecule has 0 bridgehead atoms. The van der Waals surface area contributed by atoms with Crippen LogP contribution in [0.4, 0.5) is 0 Å². The summed E-state index contributed by atoms with van der Waals surface area (Å²) < 4.78 is 0. The third-order valence-corrected chi connectivity index (χ3v) is 5.66. The normalized spacial score (nSPS) is 39.7. The number of nitrogens with zero attached hydrogens (tertiary/aromatic N) is 1. The molecule has 1 N–H and O–H groups in total. The Bertz CT molecular complexity index is 437. The SMILES string of the molecule is CCC1CCC(O)(CN2C(=O)[C@H]3CC=CC[C@H]3C2=O)CC1. The molecule has 1 saturated heterocycles. The summed E-state index contributed by atoms with van der Waals surface area (Å²) in [6, 6.07) is 0. The van der Waals surface area contributed by atoms with Crippen LogP contribution in [0.25, 0.3) is 0 Å². The summed E-state index contributed by atoms with van der Waals surface area (Å²) in [5.41, 5.74) is -0.863. The zero-order valence-corrected chi connectivity index (χ0v) is 12.8. The Morgan fingerprint density at radius 3 is 2.14 bits per heavy atom. The lowest BCUT2D eigenvalue weighted by atomic mass is 9.77. The van der Waals surface area contributed by atoms with E-state index in [1.807, 2.05) is 12.2 Å². The van der Waals surface area contributed by atoms with Crippen molar-refractivity contribution in [2.75, 3.05) is 6.54 Å². The molecule has 4 heteroatoms. The lowest BCUT2D eigenvalue weighted by Crippen LogP contribution is -2.48. The Kier molecular flexibility index (Phi) is 3.91. The number of carbonyl (C=O) groups is 2. The van der Waals surface area contributed by atoms with Gasteiger partial charge >= 0.3 is 0 Å². The van der Waals surface area contributed by atoms with Crippen LogP contribution in [0.2, 0.25) is 0 Å². The molecule has 4 nitrogen and oxygen atoms in total. The largest absolute Gasteiger partial charge is 0.388 e. The van der Waals surface area contributed by atoms with Gasteiger partial charge in [0, 0.05) is 0 Å². The van der Waals surface area contributed by atoms with Crippen molar-refractivity contribution in [1.29, 1.82) is 0 Å². The van der Waals surface area contributed by atoms with Gasteiger partial charge in [0.05, 0.1) is 24.0 Å². The lowest BCUT2D eigenvalue weighted by Gasteiger charge is -2.37. The third-order valence-electron chi connectivity index (χ3n) is 5.66. The second kappa shape index (κ2) is 5.56. The number of imide groups is 1. The van der Waals surface area contributed by atoms with E-state index in [1.165, 1.54) is 4.90 Å². The number of hydrogen-bond acceptors (Lipinski definition) is 3. The van der Waals surface area contributed by atoms with Gasteiger partial charge in [0.2, 0.25) is 11.8 Å². The summed E-state index contributed by atoms with van der Waals surface area (Å²) in [6.45, 7) is 2.38. The van der Waals surface area contributed by atoms with Gasteiger partial charge < -0.3 is 5.11 Å². The highest BCUT2D eigenvalue weighted by atomic mass is 16.3. The van der Waals surface area contributed by atoms with E-state index >= 15 is 0 Å². The molecule has 0 unspecified atom stereocenters. The minimum Gasteiger partial charge on any atom is -0.388 e. The van der Waals surface area contributed by atoms with Gasteiger partial charge in [-0.1, -0.05) is 25.5 Å². The Morgan fingerprint density at radius 2 is 1.67 bits per heavy atom. The van der Waals surface area contributed by atoms with E-state index in [4.69, 9.17) is 0 Å². The van der Waals surface area contributed by atoms with Gasteiger partial charge in [-0.05, 0) is 44.4 Å². The molecule has 1 saturated carbocycles. The van der Waals surface area contributed by atoms with Gasteiger partial charge in [0.25, 0.3) is 0 Å². The number of amides is 2. The van der Waals surface area contributed by atoms with Gasteiger partial charge in [0.1, 0.15) is 0 Å². The van der Waals surface area contributed by atoms with Crippen molar-refractivity contribution in [2.24, 2.45) is 17.8 Å². The van der Waals surface area contributed by atoms with E-state index in [1.54, 1.807) is 0 Å². The van der Waals surface area contributed by atoms with Crippen LogP contribution in [0.3, 0.4) is 0 Å². The van der Waals surface area contributed by atoms with Crippen molar-refractivity contribution in [3.8, 4) is 0 Å². The first-order valence-electron chi connectivity index (χ1n) is 8.26. The topological polar surface area (TPSA) is 57.6 Å². The number of hydrogen-bond donors (Lipinski definition) is 1. The Morgan fingerprint density at radius 1 is 1.14 bits per heavy atom. The van der Waals surface area contributed by atoms with E-state index in [0.29, 0.717) is 31.6 Å². The number of allylic oxidation sites excluding steroid dienone is 2. The third kappa shape index (κ3) is 2.66. The second-order valence-electron chi connectivity index (χ2n) is 6.99. The molecule has 21 heavy (non-hydrogen) atoms. The molecular formula is C17H25NO3. The Hall–Kier alpha value is -1.16. The van der Waals surface area contributed by atoms with E-state index in [-0.39, 0.29) is 30.2 Å². The molecule has 3 rings (SSSR count). The second-order valence-corrected chi connectivity index (χ2v) is 6.99. The number of β-amino-alcohol motifs (C(OH)–C–C–N with tert-alkyl or cyclic N) is 1. The standard InChI is InChI=1S/C17H25NO3/c1-2-12-7-9-17(21,10-8-12)11-18-15(19)13-5-3-4-6-14(13)16(18)20/h3-4,12-14,21H,2,5-11H2,1H3/t12?,13-,14+,17?. The Balaban J connectivity index is 1.68. The summed E-state index contributed by atoms with van der Waals surface area (Å²) in [4.78, 5) is 26.2. The molecule has 0 aromatic rings. The summed E-state index contributed by atoms with van der Waals surface area (Å²) in [5, 5.41) is 10.8. The average molecular weight is 291 g/mol. The van der Waals surface area contributed by atoms with E-state index in [9.17, 15) is 14.7 Å². The predicted octanol–water partition coefficient (Wildman–Crippen LogP) is 2.27. The van der Waals surface area contributed by atoms with Crippen molar-refractivity contribution in [3.63, 3.8) is 0 Å². The van der Waals surface area contributed by atoms with Crippen LogP contribution in [0.15, 0.2) is 12.2 Å². The zero-order chi connectivity index (χ0) is 15.0. The average Bonchev–Trinajstić information content (AvgIpc) is 2.74. The molecular weight excluding hydrogens is 266 g/mol. The highest BCUT2D eigenvalue weighted by Gasteiger charge is 2.49. The molecule has 0 aromatic heterocycles. The van der Waals surface area contributed by atoms with Crippen LogP contribution >= 0.6 is 0 Å². The number of rotatable bonds is 3. The number of aliphatic hydroxyl groups is 1. The van der Waals surface area contributed by atoms with Gasteiger partial charge in [-0.25, -0.2) is 0 Å². The van der Waals surface area contributed by atoms with Gasteiger partial charge in [-0.3, -0.25) is 14.5 Å². The smallest absolute Gasteiger partial charge is 0.233 e. The maximum absolute atomic E-state index is 12.4. The van der Waals surface area contributed by atoms with Crippen molar-refractivity contribution in [2.45, 2.75) is 57.5 Å². The molecule has 0 spiro atoms. The van der Waals surface area contributed by atoms with E-state index in [0.717, 1.165) is 19.3 Å². The van der Waals surface area contributed by atoms with Crippen LogP contribution in [-0.2, 0) is 9.59 Å².